The van der Waals surface area contributed by atoms with E-state index in [1.54, 1.807) is 30.8 Å². The number of nitrogens with one attached hydrogen (secondary N) is 2. The van der Waals surface area contributed by atoms with E-state index in [9.17, 15) is 4.79 Å². The molecule has 0 aromatic carbocycles. The van der Waals surface area contributed by atoms with Gasteiger partial charge in [0.15, 0.2) is 11.6 Å². The van der Waals surface area contributed by atoms with Crippen LogP contribution in [-0.2, 0) is 7.05 Å². The van der Waals surface area contributed by atoms with E-state index in [2.05, 4.69) is 42.7 Å². The van der Waals surface area contributed by atoms with Gasteiger partial charge in [-0.1, -0.05) is 0 Å². The summed E-state index contributed by atoms with van der Waals surface area (Å²) in [7, 11) is 5.59. The fourth-order valence-corrected chi connectivity index (χ4v) is 4.03. The summed E-state index contributed by atoms with van der Waals surface area (Å²) >= 11 is 0. The highest BCUT2D eigenvalue weighted by atomic mass is 16.5. The zero-order chi connectivity index (χ0) is 23.8. The quantitative estimate of drug-likeness (QED) is 0.430. The van der Waals surface area contributed by atoms with E-state index >= 15 is 0 Å². The molecule has 11 heteroatoms. The summed E-state index contributed by atoms with van der Waals surface area (Å²) in [5.41, 5.74) is 3.08. The molecular formula is C23H27N9O2. The standard InChI is InChI=1S/C23H27N9O2/c1-14-26-18(23(33)24-2)11-20(27-14)28-21-10-17-9-15(5-8-32(17)29-21)22-19(12-25-31(22)4)34-13-16-6-7-30(16)3/h5,8-12,16H,6-7,13H2,1-4H3,(H,24,33)(H,26,27,28,29)/t16-/m1/s1. The van der Waals surface area contributed by atoms with Gasteiger partial charge in [-0.3, -0.25) is 14.4 Å². The fraction of sp³-hybridized carbons (Fsp3) is 0.348. The number of likely N-dealkylation sites (N-methyl/N-ethyl adjacent to an activating group) is 1. The summed E-state index contributed by atoms with van der Waals surface area (Å²) in [6.45, 7) is 3.50. The van der Waals surface area contributed by atoms with Crippen LogP contribution in [0.15, 0.2) is 36.7 Å². The molecule has 34 heavy (non-hydrogen) atoms. The second kappa shape index (κ2) is 8.75. The van der Waals surface area contributed by atoms with Gasteiger partial charge in [0.1, 0.15) is 29.6 Å². The molecule has 4 aromatic heterocycles. The lowest BCUT2D eigenvalue weighted by atomic mass is 10.1. The molecule has 1 saturated heterocycles. The monoisotopic (exact) mass is 461 g/mol. The minimum absolute atomic E-state index is 0.272. The van der Waals surface area contributed by atoms with Crippen LogP contribution in [0.4, 0.5) is 11.6 Å². The zero-order valence-electron chi connectivity index (χ0n) is 19.6. The summed E-state index contributed by atoms with van der Waals surface area (Å²) in [6, 6.07) is 7.99. The predicted molar refractivity (Wildman–Crippen MR) is 127 cm³/mol. The first kappa shape index (κ1) is 21.8. The van der Waals surface area contributed by atoms with Crippen molar-refractivity contribution < 1.29 is 9.53 Å². The Morgan fingerprint density at radius 3 is 2.79 bits per heavy atom. The third-order valence-electron chi connectivity index (χ3n) is 6.07. The predicted octanol–water partition coefficient (Wildman–Crippen LogP) is 2.02. The van der Waals surface area contributed by atoms with Crippen molar-refractivity contribution in [2.45, 2.75) is 19.4 Å². The molecule has 1 atom stereocenters. The number of hydrogen-bond acceptors (Lipinski definition) is 8. The highest BCUT2D eigenvalue weighted by Crippen LogP contribution is 2.31. The van der Waals surface area contributed by atoms with Crippen LogP contribution in [0.3, 0.4) is 0 Å². The average molecular weight is 462 g/mol. The minimum atomic E-state index is -0.272. The molecule has 0 aliphatic carbocycles. The molecule has 5 rings (SSSR count). The Labute approximate surface area is 196 Å². The van der Waals surface area contributed by atoms with E-state index in [-0.39, 0.29) is 5.91 Å². The van der Waals surface area contributed by atoms with Gasteiger partial charge >= 0.3 is 0 Å². The van der Waals surface area contributed by atoms with Gasteiger partial charge in [0.25, 0.3) is 5.91 Å². The molecule has 0 unspecified atom stereocenters. The summed E-state index contributed by atoms with van der Waals surface area (Å²) in [5.74, 6) is 2.09. The molecule has 1 aliphatic heterocycles. The molecule has 11 nitrogen and oxygen atoms in total. The average Bonchev–Trinajstić information content (AvgIpc) is 3.38. The van der Waals surface area contributed by atoms with Gasteiger partial charge in [-0.2, -0.15) is 10.2 Å². The van der Waals surface area contributed by atoms with Crippen molar-refractivity contribution in [2.24, 2.45) is 7.05 Å². The number of nitrogens with zero attached hydrogens (tertiary/aromatic N) is 7. The van der Waals surface area contributed by atoms with Gasteiger partial charge < -0.3 is 15.4 Å². The molecule has 0 bridgehead atoms. The maximum atomic E-state index is 12.0. The molecule has 0 spiro atoms. The fourth-order valence-electron chi connectivity index (χ4n) is 4.03. The maximum Gasteiger partial charge on any atom is 0.269 e. The number of fused-ring (bicyclic) bond motifs is 1. The number of aromatic nitrogens is 6. The lowest BCUT2D eigenvalue weighted by Crippen LogP contribution is -2.48. The number of hydrogen-bond donors (Lipinski definition) is 2. The summed E-state index contributed by atoms with van der Waals surface area (Å²) in [4.78, 5) is 22.8. The number of ether oxygens (including phenoxy) is 1. The van der Waals surface area contributed by atoms with Gasteiger partial charge in [-0.05, 0) is 39.1 Å². The normalized spacial score (nSPS) is 15.8. The van der Waals surface area contributed by atoms with E-state index in [0.717, 1.165) is 35.5 Å². The largest absolute Gasteiger partial charge is 0.488 e. The molecule has 1 fully saturated rings. The van der Waals surface area contributed by atoms with Crippen LogP contribution in [0.1, 0.15) is 22.7 Å². The van der Waals surface area contributed by atoms with Crippen molar-refractivity contribution in [3.05, 3.63) is 48.2 Å². The van der Waals surface area contributed by atoms with Crippen LogP contribution >= 0.6 is 0 Å². The number of rotatable bonds is 7. The first-order valence-electron chi connectivity index (χ1n) is 11.1. The lowest BCUT2D eigenvalue weighted by Gasteiger charge is -2.37. The van der Waals surface area contributed by atoms with Gasteiger partial charge in [0.05, 0.1) is 11.7 Å². The van der Waals surface area contributed by atoms with Gasteiger partial charge in [0, 0.05) is 44.0 Å². The van der Waals surface area contributed by atoms with Crippen molar-refractivity contribution in [3.8, 4) is 17.0 Å². The first-order valence-corrected chi connectivity index (χ1v) is 11.1. The van der Waals surface area contributed by atoms with Gasteiger partial charge in [-0.25, -0.2) is 14.5 Å². The number of carbonyl (C=O) groups is 1. The Hall–Kier alpha value is -3.99. The molecule has 0 saturated carbocycles. The number of pyridine rings is 1. The second-order valence-corrected chi connectivity index (χ2v) is 8.42. The molecule has 0 radical (unpaired) electrons. The van der Waals surface area contributed by atoms with E-state index in [0.29, 0.717) is 35.8 Å². The van der Waals surface area contributed by atoms with Crippen LogP contribution in [0.2, 0.25) is 0 Å². The van der Waals surface area contributed by atoms with E-state index in [1.807, 2.05) is 36.1 Å². The van der Waals surface area contributed by atoms with E-state index in [4.69, 9.17) is 4.74 Å². The first-order chi connectivity index (χ1) is 16.4. The Morgan fingerprint density at radius 2 is 2.06 bits per heavy atom. The highest BCUT2D eigenvalue weighted by Gasteiger charge is 2.25. The number of aryl methyl sites for hydroxylation is 2. The van der Waals surface area contributed by atoms with E-state index in [1.165, 1.54) is 0 Å². The Kier molecular flexibility index (Phi) is 5.62. The van der Waals surface area contributed by atoms with Crippen molar-refractivity contribution in [2.75, 3.05) is 32.6 Å². The smallest absolute Gasteiger partial charge is 0.269 e. The lowest BCUT2D eigenvalue weighted by molar-refractivity contribution is 0.0771. The molecule has 5 heterocycles. The molecule has 1 aliphatic rings. The van der Waals surface area contributed by atoms with Crippen molar-refractivity contribution in [1.29, 1.82) is 0 Å². The molecule has 4 aromatic rings. The maximum absolute atomic E-state index is 12.0. The zero-order valence-corrected chi connectivity index (χ0v) is 19.6. The number of amides is 1. The van der Waals surface area contributed by atoms with Crippen LogP contribution in [0.25, 0.3) is 16.8 Å². The minimum Gasteiger partial charge on any atom is -0.488 e. The van der Waals surface area contributed by atoms with Crippen LogP contribution in [-0.4, -0.2) is 73.5 Å². The van der Waals surface area contributed by atoms with Crippen molar-refractivity contribution in [3.63, 3.8) is 0 Å². The van der Waals surface area contributed by atoms with Gasteiger partial charge in [-0.15, -0.1) is 0 Å². The Morgan fingerprint density at radius 1 is 1.21 bits per heavy atom. The van der Waals surface area contributed by atoms with Crippen molar-refractivity contribution >= 4 is 23.1 Å². The molecule has 176 valence electrons. The Bertz CT molecular complexity index is 1360. The number of likely N-dealkylation sites (tertiary alicyclic amines) is 1. The van der Waals surface area contributed by atoms with Crippen LogP contribution in [0.5, 0.6) is 5.75 Å². The van der Waals surface area contributed by atoms with E-state index < -0.39 is 0 Å². The van der Waals surface area contributed by atoms with Crippen LogP contribution in [0, 0.1) is 6.92 Å². The summed E-state index contributed by atoms with van der Waals surface area (Å²) in [6.07, 6.45) is 4.82. The van der Waals surface area contributed by atoms with Crippen molar-refractivity contribution in [1.82, 2.24) is 39.6 Å². The summed E-state index contributed by atoms with van der Waals surface area (Å²) < 4.78 is 9.73. The Balaban J connectivity index is 1.39. The second-order valence-electron chi connectivity index (χ2n) is 8.42. The molecule has 1 amide bonds. The SMILES string of the molecule is CNC(=O)c1cc(Nc2cc3cc(-c4c(OC[C@H]5CCN5C)cnn4C)ccn3n2)nc(C)n1. The summed E-state index contributed by atoms with van der Waals surface area (Å²) in [5, 5.41) is 14.7. The van der Waals surface area contributed by atoms with Crippen LogP contribution < -0.4 is 15.4 Å². The molecule has 2 N–H and O–H groups in total. The third-order valence-corrected chi connectivity index (χ3v) is 6.07. The third kappa shape index (κ3) is 4.17. The number of anilines is 2. The molecular weight excluding hydrogens is 434 g/mol. The van der Waals surface area contributed by atoms with Gasteiger partial charge in [0.2, 0.25) is 0 Å². The highest BCUT2D eigenvalue weighted by molar-refractivity contribution is 5.92. The number of carbonyl (C=O) groups excluding carboxylic acids is 1. The topological polar surface area (TPSA) is 115 Å².